The van der Waals surface area contributed by atoms with Crippen molar-refractivity contribution < 1.29 is 13.2 Å². The van der Waals surface area contributed by atoms with Crippen LogP contribution in [0.2, 0.25) is 0 Å². The Morgan fingerprint density at radius 2 is 2.00 bits per heavy atom. The first-order chi connectivity index (χ1) is 9.52. The summed E-state index contributed by atoms with van der Waals surface area (Å²) in [5.74, 6) is 0.0823. The second-order valence-electron chi connectivity index (χ2n) is 5.03. The predicted molar refractivity (Wildman–Crippen MR) is 79.0 cm³/mol. The highest BCUT2D eigenvalue weighted by atomic mass is 32.2. The monoisotopic (exact) mass is 296 g/mol. The zero-order valence-electron chi connectivity index (χ0n) is 11.6. The molecule has 1 N–H and O–H groups in total. The molecule has 1 aliphatic heterocycles. The molecule has 2 rings (SSSR count). The Morgan fingerprint density at radius 3 is 2.65 bits per heavy atom. The molecular weight excluding hydrogens is 276 g/mol. The van der Waals surface area contributed by atoms with Crippen LogP contribution in [0.4, 0.5) is 5.69 Å². The van der Waals surface area contributed by atoms with Gasteiger partial charge in [-0.25, -0.2) is 13.1 Å². The summed E-state index contributed by atoms with van der Waals surface area (Å²) in [7, 11) is -3.29. The van der Waals surface area contributed by atoms with Crippen LogP contribution >= 0.6 is 0 Å². The van der Waals surface area contributed by atoms with Gasteiger partial charge >= 0.3 is 0 Å². The average molecular weight is 296 g/mol. The molecule has 1 aromatic rings. The maximum Gasteiger partial charge on any atom is 0.228 e. The summed E-state index contributed by atoms with van der Waals surface area (Å²) in [5, 5.41) is 0. The molecule has 0 aliphatic carbocycles. The van der Waals surface area contributed by atoms with Crippen LogP contribution in [0.5, 0.6) is 0 Å². The number of sulfonamides is 1. The number of nitrogens with zero attached hydrogens (tertiary/aromatic N) is 1. The van der Waals surface area contributed by atoms with Crippen molar-refractivity contribution in [2.24, 2.45) is 0 Å². The first-order valence-electron chi connectivity index (χ1n) is 6.87. The second kappa shape index (κ2) is 6.37. The molecule has 1 heterocycles. The highest BCUT2D eigenvalue weighted by molar-refractivity contribution is 7.89. The molecule has 0 aromatic heterocycles. The molecule has 1 unspecified atom stereocenters. The van der Waals surface area contributed by atoms with E-state index in [0.29, 0.717) is 13.0 Å². The second-order valence-corrected chi connectivity index (χ2v) is 6.90. The van der Waals surface area contributed by atoms with Crippen LogP contribution in [-0.2, 0) is 14.8 Å². The van der Waals surface area contributed by atoms with Crippen molar-refractivity contribution >= 4 is 21.6 Å². The number of carbonyl (C=O) groups excluding carboxylic acids is 1. The van der Waals surface area contributed by atoms with Crippen molar-refractivity contribution in [2.45, 2.75) is 32.2 Å². The SMILES string of the molecule is CCCCS(=O)(=O)NC1CC(=O)N(c2ccccc2)C1. The summed E-state index contributed by atoms with van der Waals surface area (Å²) in [6, 6.07) is 8.99. The molecule has 110 valence electrons. The Hall–Kier alpha value is -1.40. The first kappa shape index (κ1) is 15.0. The third-order valence-corrected chi connectivity index (χ3v) is 4.82. The quantitative estimate of drug-likeness (QED) is 0.865. The van der Waals surface area contributed by atoms with E-state index >= 15 is 0 Å². The van der Waals surface area contributed by atoms with Gasteiger partial charge < -0.3 is 4.90 Å². The third kappa shape index (κ3) is 3.80. The number of anilines is 1. The van der Waals surface area contributed by atoms with Crippen molar-refractivity contribution in [1.29, 1.82) is 0 Å². The summed E-state index contributed by atoms with van der Waals surface area (Å²) in [4.78, 5) is 13.6. The molecule has 6 heteroatoms. The predicted octanol–water partition coefficient (Wildman–Crippen LogP) is 1.51. The highest BCUT2D eigenvalue weighted by Gasteiger charge is 2.32. The van der Waals surface area contributed by atoms with Crippen LogP contribution < -0.4 is 9.62 Å². The molecule has 20 heavy (non-hydrogen) atoms. The van der Waals surface area contributed by atoms with E-state index in [2.05, 4.69) is 4.72 Å². The number of amides is 1. The van der Waals surface area contributed by atoms with Crippen molar-refractivity contribution in [3.05, 3.63) is 30.3 Å². The Morgan fingerprint density at radius 1 is 1.30 bits per heavy atom. The van der Waals surface area contributed by atoms with E-state index in [9.17, 15) is 13.2 Å². The third-order valence-electron chi connectivity index (χ3n) is 3.31. The Balaban J connectivity index is 1.99. The number of benzene rings is 1. The van der Waals surface area contributed by atoms with E-state index in [-0.39, 0.29) is 24.1 Å². The van der Waals surface area contributed by atoms with Crippen LogP contribution in [-0.4, -0.2) is 32.7 Å². The van der Waals surface area contributed by atoms with E-state index in [1.54, 1.807) is 4.90 Å². The van der Waals surface area contributed by atoms with Gasteiger partial charge in [0.25, 0.3) is 0 Å². The molecule has 1 fully saturated rings. The van der Waals surface area contributed by atoms with E-state index < -0.39 is 10.0 Å². The van der Waals surface area contributed by atoms with Crippen molar-refractivity contribution in [3.63, 3.8) is 0 Å². The lowest BCUT2D eigenvalue weighted by atomic mass is 10.3. The zero-order chi connectivity index (χ0) is 14.6. The molecule has 5 nitrogen and oxygen atoms in total. The van der Waals surface area contributed by atoms with Crippen LogP contribution in [0.1, 0.15) is 26.2 Å². The normalized spacial score (nSPS) is 19.6. The summed E-state index contributed by atoms with van der Waals surface area (Å²) in [6.07, 6.45) is 1.69. The smallest absolute Gasteiger partial charge is 0.228 e. The van der Waals surface area contributed by atoms with Gasteiger partial charge in [0.15, 0.2) is 0 Å². The molecule has 0 spiro atoms. The lowest BCUT2D eigenvalue weighted by Crippen LogP contribution is -2.38. The molecule has 1 aromatic carbocycles. The van der Waals surface area contributed by atoms with Crippen LogP contribution in [0.15, 0.2) is 30.3 Å². The Kier molecular flexibility index (Phi) is 4.77. The number of carbonyl (C=O) groups is 1. The van der Waals surface area contributed by atoms with Crippen molar-refractivity contribution in [1.82, 2.24) is 4.72 Å². The molecule has 0 radical (unpaired) electrons. The minimum absolute atomic E-state index is 0.0422. The molecule has 0 bridgehead atoms. The van der Waals surface area contributed by atoms with Crippen molar-refractivity contribution in [3.8, 4) is 0 Å². The molecule has 1 aliphatic rings. The van der Waals surface area contributed by atoms with Gasteiger partial charge in [0.05, 0.1) is 5.75 Å². The topological polar surface area (TPSA) is 66.5 Å². The number of unbranched alkanes of at least 4 members (excludes halogenated alkanes) is 1. The van der Waals surface area contributed by atoms with Crippen molar-refractivity contribution in [2.75, 3.05) is 17.2 Å². The van der Waals surface area contributed by atoms with Gasteiger partial charge in [0.2, 0.25) is 15.9 Å². The summed E-state index contributed by atoms with van der Waals surface area (Å²) in [6.45, 7) is 2.35. The van der Waals surface area contributed by atoms with Gasteiger partial charge in [-0.05, 0) is 18.6 Å². The first-order valence-corrected chi connectivity index (χ1v) is 8.52. The highest BCUT2D eigenvalue weighted by Crippen LogP contribution is 2.21. The number of hydrogen-bond acceptors (Lipinski definition) is 3. The number of rotatable bonds is 6. The van der Waals surface area contributed by atoms with Gasteiger partial charge in [-0.1, -0.05) is 31.5 Å². The van der Waals surface area contributed by atoms with Gasteiger partial charge in [0, 0.05) is 24.7 Å². The summed E-state index contributed by atoms with van der Waals surface area (Å²) >= 11 is 0. The van der Waals surface area contributed by atoms with Gasteiger partial charge in [-0.3, -0.25) is 4.79 Å². The van der Waals surface area contributed by atoms with Crippen LogP contribution in [0.25, 0.3) is 0 Å². The molecular formula is C14H20N2O3S. The van der Waals surface area contributed by atoms with Crippen LogP contribution in [0, 0.1) is 0 Å². The van der Waals surface area contributed by atoms with Gasteiger partial charge in [-0.2, -0.15) is 0 Å². The summed E-state index contributed by atoms with van der Waals surface area (Å²) < 4.78 is 26.3. The molecule has 1 amide bonds. The number of hydrogen-bond donors (Lipinski definition) is 1. The Bertz CT molecular complexity index is 557. The van der Waals surface area contributed by atoms with Gasteiger partial charge in [-0.15, -0.1) is 0 Å². The van der Waals surface area contributed by atoms with Crippen LogP contribution in [0.3, 0.4) is 0 Å². The zero-order valence-corrected chi connectivity index (χ0v) is 12.4. The Labute approximate surface area is 120 Å². The fourth-order valence-electron chi connectivity index (χ4n) is 2.29. The number of para-hydroxylation sites is 1. The summed E-state index contributed by atoms with van der Waals surface area (Å²) in [5.41, 5.74) is 0.813. The van der Waals surface area contributed by atoms with E-state index in [4.69, 9.17) is 0 Å². The van der Waals surface area contributed by atoms with E-state index in [1.165, 1.54) is 0 Å². The molecule has 0 saturated carbocycles. The fourth-order valence-corrected chi connectivity index (χ4v) is 3.74. The minimum atomic E-state index is -3.29. The minimum Gasteiger partial charge on any atom is -0.311 e. The number of nitrogens with one attached hydrogen (secondary N) is 1. The molecule has 1 atom stereocenters. The van der Waals surface area contributed by atoms with E-state index in [0.717, 1.165) is 12.1 Å². The van der Waals surface area contributed by atoms with Gasteiger partial charge in [0.1, 0.15) is 0 Å². The van der Waals surface area contributed by atoms with E-state index in [1.807, 2.05) is 37.3 Å². The lowest BCUT2D eigenvalue weighted by Gasteiger charge is -2.17. The fraction of sp³-hybridized carbons (Fsp3) is 0.500. The standard InChI is InChI=1S/C14H20N2O3S/c1-2-3-9-20(18,19)15-12-10-14(17)16(11-12)13-7-5-4-6-8-13/h4-8,12,15H,2-3,9-11H2,1H3. The maximum atomic E-state index is 12.0. The largest absolute Gasteiger partial charge is 0.311 e. The molecule has 1 saturated heterocycles. The average Bonchev–Trinajstić information content (AvgIpc) is 2.77. The lowest BCUT2D eigenvalue weighted by molar-refractivity contribution is -0.117. The maximum absolute atomic E-state index is 12.0.